The number of methoxy groups -OCH3 is 2. The van der Waals surface area contributed by atoms with E-state index in [1.807, 2.05) is 42.5 Å². The Kier molecular flexibility index (Phi) is 5.96. The van der Waals surface area contributed by atoms with Gasteiger partial charge in [-0.05, 0) is 35.0 Å². The topological polar surface area (TPSA) is 89.4 Å². The number of benzene rings is 3. The highest BCUT2D eigenvalue weighted by Gasteiger charge is 2.10. The zero-order valence-electron chi connectivity index (χ0n) is 15.5. The minimum atomic E-state index is -0.401. The maximum Gasteiger partial charge on any atom is 0.277 e. The summed E-state index contributed by atoms with van der Waals surface area (Å²) >= 11 is 0. The summed E-state index contributed by atoms with van der Waals surface area (Å²) in [5.74, 6) is 0.585. The molecule has 2 N–H and O–H groups in total. The Bertz CT molecular complexity index is 992. The van der Waals surface area contributed by atoms with Gasteiger partial charge in [-0.15, -0.1) is 0 Å². The first-order valence-electron chi connectivity index (χ1n) is 8.49. The number of hydrazone groups is 1. The molecule has 7 nitrogen and oxygen atoms in total. The molecule has 0 heterocycles. The average molecular weight is 380 g/mol. The van der Waals surface area contributed by atoms with Gasteiger partial charge >= 0.3 is 0 Å². The minimum Gasteiger partial charge on any atom is -0.502 e. The molecule has 0 aromatic heterocycles. The number of hydrogen-bond donors (Lipinski definition) is 2. The van der Waals surface area contributed by atoms with Crippen molar-refractivity contribution < 1.29 is 24.1 Å². The number of aromatic hydroxyl groups is 1. The first-order chi connectivity index (χ1) is 13.6. The molecule has 0 radical (unpaired) electrons. The van der Waals surface area contributed by atoms with E-state index in [1.165, 1.54) is 20.4 Å². The van der Waals surface area contributed by atoms with E-state index in [0.29, 0.717) is 11.3 Å². The van der Waals surface area contributed by atoms with Gasteiger partial charge in [0.15, 0.2) is 18.1 Å². The number of carbonyl (C=O) groups is 1. The fraction of sp³-hybridized carbons (Fsp3) is 0.143. The molecule has 0 aliphatic rings. The van der Waals surface area contributed by atoms with Crippen molar-refractivity contribution in [2.24, 2.45) is 5.10 Å². The second-order valence-electron chi connectivity index (χ2n) is 5.86. The highest BCUT2D eigenvalue weighted by molar-refractivity contribution is 5.85. The number of nitrogens with one attached hydrogen (secondary N) is 1. The van der Waals surface area contributed by atoms with Gasteiger partial charge in [-0.25, -0.2) is 5.43 Å². The van der Waals surface area contributed by atoms with E-state index in [2.05, 4.69) is 10.5 Å². The van der Waals surface area contributed by atoms with E-state index in [-0.39, 0.29) is 23.9 Å². The predicted octanol–water partition coefficient (Wildman–Crippen LogP) is 3.09. The largest absolute Gasteiger partial charge is 0.502 e. The lowest BCUT2D eigenvalue weighted by molar-refractivity contribution is -0.123. The molecule has 0 fully saturated rings. The van der Waals surface area contributed by atoms with Crippen molar-refractivity contribution >= 4 is 22.9 Å². The number of ether oxygens (including phenoxy) is 3. The molecule has 3 aromatic rings. The van der Waals surface area contributed by atoms with Crippen LogP contribution in [0, 0.1) is 0 Å². The van der Waals surface area contributed by atoms with Crippen molar-refractivity contribution in [2.45, 2.75) is 0 Å². The standard InChI is InChI=1S/C21H20N2O5/c1-26-18-9-14(10-19(27-2)21(18)25)12-22-23-20(24)13-28-17-8-7-15-5-3-4-6-16(15)11-17/h3-12,25H,13H2,1-2H3,(H,23,24)/b22-12+. The first kappa shape index (κ1) is 19.0. The summed E-state index contributed by atoms with van der Waals surface area (Å²) in [6.45, 7) is -0.169. The lowest BCUT2D eigenvalue weighted by Gasteiger charge is -2.09. The maximum atomic E-state index is 11.9. The summed E-state index contributed by atoms with van der Waals surface area (Å²) in [4.78, 5) is 11.9. The van der Waals surface area contributed by atoms with Gasteiger partial charge in [0.2, 0.25) is 5.75 Å². The summed E-state index contributed by atoms with van der Waals surface area (Å²) in [5.41, 5.74) is 2.97. The molecule has 144 valence electrons. The van der Waals surface area contributed by atoms with Crippen LogP contribution in [0.2, 0.25) is 0 Å². The van der Waals surface area contributed by atoms with Crippen molar-refractivity contribution in [1.29, 1.82) is 0 Å². The van der Waals surface area contributed by atoms with Gasteiger partial charge in [-0.2, -0.15) is 5.10 Å². The van der Waals surface area contributed by atoms with Gasteiger partial charge in [0, 0.05) is 5.56 Å². The Morgan fingerprint density at radius 3 is 2.39 bits per heavy atom. The summed E-state index contributed by atoms with van der Waals surface area (Å²) in [7, 11) is 2.86. The maximum absolute atomic E-state index is 11.9. The number of fused-ring (bicyclic) bond motifs is 1. The van der Waals surface area contributed by atoms with Gasteiger partial charge in [-0.1, -0.05) is 30.3 Å². The summed E-state index contributed by atoms with van der Waals surface area (Å²) < 4.78 is 15.7. The average Bonchev–Trinajstić information content (AvgIpc) is 2.73. The Hall–Kier alpha value is -3.74. The smallest absolute Gasteiger partial charge is 0.277 e. The van der Waals surface area contributed by atoms with E-state index in [0.717, 1.165) is 10.8 Å². The zero-order chi connectivity index (χ0) is 19.9. The monoisotopic (exact) mass is 380 g/mol. The quantitative estimate of drug-likeness (QED) is 0.486. The van der Waals surface area contributed by atoms with Crippen LogP contribution in [0.4, 0.5) is 0 Å². The van der Waals surface area contributed by atoms with Crippen LogP contribution in [-0.2, 0) is 4.79 Å². The molecule has 0 unspecified atom stereocenters. The predicted molar refractivity (Wildman–Crippen MR) is 106 cm³/mol. The Labute approximate surface area is 162 Å². The lowest BCUT2D eigenvalue weighted by Crippen LogP contribution is -2.24. The van der Waals surface area contributed by atoms with Gasteiger partial charge in [0.25, 0.3) is 5.91 Å². The van der Waals surface area contributed by atoms with Crippen LogP contribution in [0.3, 0.4) is 0 Å². The molecule has 0 aliphatic carbocycles. The zero-order valence-corrected chi connectivity index (χ0v) is 15.5. The molecule has 0 atom stereocenters. The minimum absolute atomic E-state index is 0.102. The second kappa shape index (κ2) is 8.77. The number of carbonyl (C=O) groups excluding carboxylic acids is 1. The molecular formula is C21H20N2O5. The van der Waals surface area contributed by atoms with Crippen molar-refractivity contribution in [1.82, 2.24) is 5.43 Å². The van der Waals surface area contributed by atoms with Crippen LogP contribution in [0.25, 0.3) is 10.8 Å². The van der Waals surface area contributed by atoms with E-state index >= 15 is 0 Å². The van der Waals surface area contributed by atoms with Crippen molar-refractivity contribution in [3.8, 4) is 23.0 Å². The third kappa shape index (κ3) is 4.50. The number of amides is 1. The van der Waals surface area contributed by atoms with E-state index in [1.54, 1.807) is 12.1 Å². The molecule has 28 heavy (non-hydrogen) atoms. The van der Waals surface area contributed by atoms with Crippen LogP contribution >= 0.6 is 0 Å². The summed E-state index contributed by atoms with van der Waals surface area (Å²) in [5, 5.41) is 15.9. The third-order valence-electron chi connectivity index (χ3n) is 4.00. The number of phenolic OH excluding ortho intramolecular Hbond substituents is 1. The second-order valence-corrected chi connectivity index (χ2v) is 5.86. The highest BCUT2D eigenvalue weighted by atomic mass is 16.5. The van der Waals surface area contributed by atoms with Crippen LogP contribution in [-0.4, -0.2) is 38.1 Å². The van der Waals surface area contributed by atoms with E-state index in [9.17, 15) is 9.90 Å². The molecule has 0 spiro atoms. The number of phenols is 1. The fourth-order valence-corrected chi connectivity index (χ4v) is 2.61. The molecule has 7 heteroatoms. The fourth-order valence-electron chi connectivity index (χ4n) is 2.61. The first-order valence-corrected chi connectivity index (χ1v) is 8.49. The normalized spacial score (nSPS) is 10.8. The Balaban J connectivity index is 1.57. The number of rotatable bonds is 7. The van der Waals surface area contributed by atoms with Crippen LogP contribution in [0.15, 0.2) is 59.7 Å². The molecule has 0 bridgehead atoms. The third-order valence-corrected chi connectivity index (χ3v) is 4.00. The Morgan fingerprint density at radius 2 is 1.71 bits per heavy atom. The van der Waals surface area contributed by atoms with E-state index in [4.69, 9.17) is 14.2 Å². The van der Waals surface area contributed by atoms with Crippen LogP contribution < -0.4 is 19.6 Å². The van der Waals surface area contributed by atoms with Gasteiger partial charge < -0.3 is 19.3 Å². The molecule has 1 amide bonds. The van der Waals surface area contributed by atoms with Crippen LogP contribution in [0.5, 0.6) is 23.0 Å². The molecule has 0 saturated heterocycles. The van der Waals surface area contributed by atoms with Crippen molar-refractivity contribution in [2.75, 3.05) is 20.8 Å². The molecule has 3 rings (SSSR count). The van der Waals surface area contributed by atoms with E-state index < -0.39 is 5.91 Å². The summed E-state index contributed by atoms with van der Waals surface area (Å²) in [6, 6.07) is 16.7. The summed E-state index contributed by atoms with van der Waals surface area (Å²) in [6.07, 6.45) is 1.42. The van der Waals surface area contributed by atoms with Crippen molar-refractivity contribution in [3.63, 3.8) is 0 Å². The number of nitrogens with zero attached hydrogens (tertiary/aromatic N) is 1. The SMILES string of the molecule is COc1cc(/C=N/NC(=O)COc2ccc3ccccc3c2)cc(OC)c1O. The Morgan fingerprint density at radius 1 is 1.04 bits per heavy atom. The highest BCUT2D eigenvalue weighted by Crippen LogP contribution is 2.36. The molecule has 3 aromatic carbocycles. The van der Waals surface area contributed by atoms with Gasteiger partial charge in [-0.3, -0.25) is 4.79 Å². The van der Waals surface area contributed by atoms with Gasteiger partial charge in [0.05, 0.1) is 20.4 Å². The lowest BCUT2D eigenvalue weighted by atomic mass is 10.1. The number of hydrogen-bond acceptors (Lipinski definition) is 6. The van der Waals surface area contributed by atoms with Crippen molar-refractivity contribution in [3.05, 3.63) is 60.2 Å². The van der Waals surface area contributed by atoms with Crippen LogP contribution in [0.1, 0.15) is 5.56 Å². The van der Waals surface area contributed by atoms with Gasteiger partial charge in [0.1, 0.15) is 5.75 Å². The molecule has 0 saturated carbocycles. The molecular weight excluding hydrogens is 360 g/mol. The molecule has 0 aliphatic heterocycles.